The molecule has 0 fully saturated rings. The van der Waals surface area contributed by atoms with Gasteiger partial charge >= 0.3 is 5.97 Å². The van der Waals surface area contributed by atoms with Gasteiger partial charge in [-0.05, 0) is 70.3 Å². The molecule has 1 atom stereocenters. The van der Waals surface area contributed by atoms with E-state index in [1.807, 2.05) is 6.08 Å². The molecule has 0 spiro atoms. The Labute approximate surface area is 166 Å². The Balaban J connectivity index is 3.50. The average Bonchev–Trinajstić information content (AvgIpc) is 2.66. The summed E-state index contributed by atoms with van der Waals surface area (Å²) in [5.74, 6) is -0.912. The number of carbonyl (C=O) groups is 1. The van der Waals surface area contributed by atoms with Gasteiger partial charge in [-0.2, -0.15) is 0 Å². The Morgan fingerprint density at radius 2 is 1.30 bits per heavy atom. The molecule has 0 bridgehead atoms. The van der Waals surface area contributed by atoms with Crippen molar-refractivity contribution in [2.24, 2.45) is 0 Å². The number of ether oxygens (including phenoxy) is 1. The summed E-state index contributed by atoms with van der Waals surface area (Å²) in [5.41, 5.74) is 0. The molecule has 0 rings (SSSR count). The maximum absolute atomic E-state index is 10.8. The predicted molar refractivity (Wildman–Crippen MR) is 116 cm³/mol. The maximum atomic E-state index is 10.8. The van der Waals surface area contributed by atoms with Crippen molar-refractivity contribution in [1.29, 1.82) is 0 Å². The highest BCUT2D eigenvalue weighted by Gasteiger charge is 2.13. The highest BCUT2D eigenvalue weighted by molar-refractivity contribution is 5.72. The fourth-order valence-electron chi connectivity index (χ4n) is 2.33. The summed E-state index contributed by atoms with van der Waals surface area (Å²) < 4.78 is 5.16. The number of carboxylic acid groups (broad SMARTS) is 1. The SMILES string of the molecule is CC/C=C\C/C=C\CCCC/C=C\C/C=C\CC/C=C\OC(CC)C(=O)O. The molecule has 0 aliphatic carbocycles. The largest absolute Gasteiger partial charge is 0.487 e. The summed E-state index contributed by atoms with van der Waals surface area (Å²) in [6, 6.07) is 0. The molecule has 0 saturated heterocycles. The number of hydrogen-bond acceptors (Lipinski definition) is 2. The molecule has 0 aromatic heterocycles. The molecule has 3 nitrogen and oxygen atoms in total. The van der Waals surface area contributed by atoms with Gasteiger partial charge in [0.05, 0.1) is 6.26 Å². The lowest BCUT2D eigenvalue weighted by molar-refractivity contribution is -0.147. The number of unbranched alkanes of at least 4 members (excludes halogenated alkanes) is 4. The smallest absolute Gasteiger partial charge is 0.344 e. The van der Waals surface area contributed by atoms with Crippen LogP contribution in [0.1, 0.15) is 78.1 Å². The standard InChI is InChI=1S/C24H38O3/c1-3-5-6-7-8-9-10-11-12-13-14-15-16-17-18-19-20-21-22-27-23(4-2)24(25)26/h5-6,8-9,14-15,17-18,21-23H,3-4,7,10-13,16,19-20H2,1-2H3,(H,25,26)/b6-5-,9-8-,15-14-,18-17-,22-21-. The van der Waals surface area contributed by atoms with Crippen LogP contribution in [0.3, 0.4) is 0 Å². The van der Waals surface area contributed by atoms with Crippen molar-refractivity contribution in [3.8, 4) is 0 Å². The van der Waals surface area contributed by atoms with Crippen molar-refractivity contribution in [2.75, 3.05) is 0 Å². The van der Waals surface area contributed by atoms with Crippen LogP contribution in [0.15, 0.2) is 60.9 Å². The minimum absolute atomic E-state index is 0.471. The molecule has 1 N–H and O–H groups in total. The maximum Gasteiger partial charge on any atom is 0.344 e. The van der Waals surface area contributed by atoms with Gasteiger partial charge in [-0.15, -0.1) is 0 Å². The molecule has 0 aromatic carbocycles. The number of aliphatic carboxylic acids is 1. The second kappa shape index (κ2) is 20.3. The van der Waals surface area contributed by atoms with Gasteiger partial charge in [0.2, 0.25) is 0 Å². The normalized spacial score (nSPS) is 13.7. The zero-order valence-electron chi connectivity index (χ0n) is 17.2. The molecule has 1 unspecified atom stereocenters. The molecule has 27 heavy (non-hydrogen) atoms. The molecule has 0 saturated carbocycles. The summed E-state index contributed by atoms with van der Waals surface area (Å²) in [5, 5.41) is 8.84. The average molecular weight is 375 g/mol. The van der Waals surface area contributed by atoms with Crippen LogP contribution in [-0.4, -0.2) is 17.2 Å². The Bertz CT molecular complexity index is 484. The van der Waals surface area contributed by atoms with Crippen LogP contribution in [0.2, 0.25) is 0 Å². The zero-order chi connectivity index (χ0) is 20.0. The summed E-state index contributed by atoms with van der Waals surface area (Å²) in [7, 11) is 0. The van der Waals surface area contributed by atoms with Crippen molar-refractivity contribution in [2.45, 2.75) is 84.2 Å². The number of hydrogen-bond donors (Lipinski definition) is 1. The highest BCUT2D eigenvalue weighted by Crippen LogP contribution is 2.04. The third-order valence-corrected chi connectivity index (χ3v) is 3.92. The van der Waals surface area contributed by atoms with Crippen LogP contribution < -0.4 is 0 Å². The van der Waals surface area contributed by atoms with Gasteiger partial charge in [0.15, 0.2) is 6.10 Å². The van der Waals surface area contributed by atoms with E-state index in [4.69, 9.17) is 9.84 Å². The second-order valence-corrected chi connectivity index (χ2v) is 6.37. The fraction of sp³-hybridized carbons (Fsp3) is 0.542. The van der Waals surface area contributed by atoms with Gasteiger partial charge in [-0.3, -0.25) is 0 Å². The van der Waals surface area contributed by atoms with Gasteiger partial charge in [0.1, 0.15) is 0 Å². The highest BCUT2D eigenvalue weighted by atomic mass is 16.5. The third kappa shape index (κ3) is 18.6. The minimum atomic E-state index is -0.912. The zero-order valence-corrected chi connectivity index (χ0v) is 17.2. The first-order chi connectivity index (χ1) is 13.2. The molecule has 0 heterocycles. The topological polar surface area (TPSA) is 46.5 Å². The first-order valence-corrected chi connectivity index (χ1v) is 10.4. The monoisotopic (exact) mass is 374 g/mol. The second-order valence-electron chi connectivity index (χ2n) is 6.37. The van der Waals surface area contributed by atoms with Gasteiger partial charge in [0.25, 0.3) is 0 Å². The van der Waals surface area contributed by atoms with Crippen molar-refractivity contribution in [3.05, 3.63) is 60.9 Å². The van der Waals surface area contributed by atoms with E-state index in [9.17, 15) is 4.79 Å². The lowest BCUT2D eigenvalue weighted by atomic mass is 10.1. The molecule has 0 radical (unpaired) electrons. The van der Waals surface area contributed by atoms with Crippen LogP contribution in [0.25, 0.3) is 0 Å². The van der Waals surface area contributed by atoms with E-state index < -0.39 is 12.1 Å². The number of allylic oxidation sites excluding steroid dienone is 9. The predicted octanol–water partition coefficient (Wildman–Crippen LogP) is 7.14. The Hall–Kier alpha value is -2.03. The molecule has 0 aliphatic heterocycles. The van der Waals surface area contributed by atoms with E-state index in [2.05, 4.69) is 55.5 Å². The van der Waals surface area contributed by atoms with Gasteiger partial charge < -0.3 is 9.84 Å². The van der Waals surface area contributed by atoms with E-state index >= 15 is 0 Å². The summed E-state index contributed by atoms with van der Waals surface area (Å²) in [6.07, 6.45) is 30.7. The lowest BCUT2D eigenvalue weighted by Gasteiger charge is -2.08. The quantitative estimate of drug-likeness (QED) is 0.167. The summed E-state index contributed by atoms with van der Waals surface area (Å²) >= 11 is 0. The van der Waals surface area contributed by atoms with Crippen molar-refractivity contribution in [1.82, 2.24) is 0 Å². The Morgan fingerprint density at radius 1 is 0.778 bits per heavy atom. The van der Waals surface area contributed by atoms with Gasteiger partial charge in [-0.1, -0.05) is 62.5 Å². The van der Waals surface area contributed by atoms with Crippen molar-refractivity contribution >= 4 is 5.97 Å². The Kier molecular flexibility index (Phi) is 18.8. The van der Waals surface area contributed by atoms with E-state index in [0.29, 0.717) is 6.42 Å². The van der Waals surface area contributed by atoms with Crippen molar-refractivity contribution in [3.63, 3.8) is 0 Å². The molecule has 3 heteroatoms. The number of rotatable bonds is 17. The lowest BCUT2D eigenvalue weighted by Crippen LogP contribution is -2.20. The van der Waals surface area contributed by atoms with Crippen LogP contribution in [0.5, 0.6) is 0 Å². The van der Waals surface area contributed by atoms with Crippen LogP contribution in [-0.2, 0) is 9.53 Å². The van der Waals surface area contributed by atoms with Gasteiger partial charge in [-0.25, -0.2) is 4.79 Å². The van der Waals surface area contributed by atoms with Crippen LogP contribution >= 0.6 is 0 Å². The van der Waals surface area contributed by atoms with Crippen LogP contribution in [0, 0.1) is 0 Å². The van der Waals surface area contributed by atoms with E-state index in [1.54, 1.807) is 6.92 Å². The molecule has 0 aliphatic rings. The molecule has 0 aromatic rings. The molecule has 152 valence electrons. The van der Waals surface area contributed by atoms with Crippen LogP contribution in [0.4, 0.5) is 0 Å². The fourth-order valence-corrected chi connectivity index (χ4v) is 2.33. The van der Waals surface area contributed by atoms with E-state index in [1.165, 1.54) is 25.5 Å². The first kappa shape index (κ1) is 25.0. The van der Waals surface area contributed by atoms with E-state index in [-0.39, 0.29) is 0 Å². The molecule has 0 amide bonds. The van der Waals surface area contributed by atoms with Gasteiger partial charge in [0, 0.05) is 0 Å². The third-order valence-electron chi connectivity index (χ3n) is 3.92. The summed E-state index contributed by atoms with van der Waals surface area (Å²) in [6.45, 7) is 3.96. The minimum Gasteiger partial charge on any atom is -0.487 e. The summed E-state index contributed by atoms with van der Waals surface area (Å²) in [4.78, 5) is 10.8. The first-order valence-electron chi connectivity index (χ1n) is 10.4. The molecular formula is C24H38O3. The number of carboxylic acids is 1. The van der Waals surface area contributed by atoms with Crippen molar-refractivity contribution < 1.29 is 14.6 Å². The molecular weight excluding hydrogens is 336 g/mol. The Morgan fingerprint density at radius 3 is 1.81 bits per heavy atom. The van der Waals surface area contributed by atoms with E-state index in [0.717, 1.165) is 38.5 Å².